The van der Waals surface area contributed by atoms with Crippen molar-refractivity contribution in [2.45, 2.75) is 0 Å². The van der Waals surface area contributed by atoms with Gasteiger partial charge in [-0.2, -0.15) is 0 Å². The smallest absolute Gasteiger partial charge is 0.278 e. The zero-order chi connectivity index (χ0) is 9.94. The highest BCUT2D eigenvalue weighted by molar-refractivity contribution is 8.10. The lowest BCUT2D eigenvalue weighted by Crippen LogP contribution is -2.24. The zero-order valence-corrected chi connectivity index (χ0v) is 9.99. The molecule has 0 fully saturated rings. The second kappa shape index (κ2) is 4.40. The normalized spacial score (nSPS) is 10.8. The lowest BCUT2D eigenvalue weighted by Gasteiger charge is -2.24. The molecule has 0 radical (unpaired) electrons. The molecular weight excluding hydrogens is 218 g/mol. The van der Waals surface area contributed by atoms with E-state index in [0.717, 1.165) is 5.82 Å². The summed E-state index contributed by atoms with van der Waals surface area (Å²) in [5, 5.41) is 0. The minimum Gasteiger partial charge on any atom is -0.364 e. The fourth-order valence-electron chi connectivity index (χ4n) is 0.765. The number of nitrogens with zero attached hydrogens (tertiary/aromatic N) is 2. The number of hydrogen-bond donors (Lipinski definition) is 0. The molecule has 0 aliphatic carbocycles. The van der Waals surface area contributed by atoms with Gasteiger partial charge in [0, 0.05) is 34.0 Å². The van der Waals surface area contributed by atoms with Crippen molar-refractivity contribution in [2.24, 2.45) is 0 Å². The molecule has 12 heavy (non-hydrogen) atoms. The Labute approximate surface area is 82.9 Å². The third kappa shape index (κ3) is 4.91. The van der Waals surface area contributed by atoms with Gasteiger partial charge in [0.25, 0.3) is 5.85 Å². The summed E-state index contributed by atoms with van der Waals surface area (Å²) in [7, 11) is 7.31. The van der Waals surface area contributed by atoms with E-state index in [-0.39, 0.29) is 0 Å². The average molecular weight is 231 g/mol. The predicted molar refractivity (Wildman–Crippen MR) is 54.8 cm³/mol. The van der Waals surface area contributed by atoms with Gasteiger partial charge in [0.05, 0.1) is 0 Å². The first-order chi connectivity index (χ1) is 5.24. The molecule has 6 heteroatoms. The van der Waals surface area contributed by atoms with Gasteiger partial charge in [0.2, 0.25) is 0 Å². The van der Waals surface area contributed by atoms with Gasteiger partial charge < -0.3 is 9.80 Å². The second-order valence-corrected chi connectivity index (χ2v) is 7.57. The first kappa shape index (κ1) is 12.2. The highest BCUT2D eigenvalue weighted by atomic mass is 35.9. The first-order valence-electron chi connectivity index (χ1n) is 3.30. The first-order valence-corrected chi connectivity index (χ1v) is 6.89. The summed E-state index contributed by atoms with van der Waals surface area (Å²) >= 11 is 10.8. The summed E-state index contributed by atoms with van der Waals surface area (Å²) in [5.41, 5.74) is 0. The Morgan fingerprint density at radius 3 is 1.58 bits per heavy atom. The van der Waals surface area contributed by atoms with E-state index in [1.807, 2.05) is 28.2 Å². The van der Waals surface area contributed by atoms with Crippen LogP contribution in [0.15, 0.2) is 11.6 Å². The van der Waals surface area contributed by atoms with Gasteiger partial charge in [-0.15, -0.1) is 0 Å². The molecule has 0 bridgehead atoms. The van der Waals surface area contributed by atoms with Gasteiger partial charge in [0.15, 0.2) is 0 Å². The van der Waals surface area contributed by atoms with Crippen LogP contribution in [0.2, 0.25) is 0 Å². The van der Waals surface area contributed by atoms with Crippen molar-refractivity contribution in [3.63, 3.8) is 0 Å². The molecule has 0 spiro atoms. The molecule has 0 unspecified atom stereocenters. The largest absolute Gasteiger partial charge is 0.364 e. The van der Waals surface area contributed by atoms with E-state index in [0.29, 0.717) is 0 Å². The van der Waals surface area contributed by atoms with Gasteiger partial charge in [-0.3, -0.25) is 4.57 Å². The van der Waals surface area contributed by atoms with Crippen molar-refractivity contribution in [3.05, 3.63) is 11.6 Å². The summed E-state index contributed by atoms with van der Waals surface area (Å²) < 4.78 is 11.0. The Balaban J connectivity index is 4.75. The zero-order valence-electron chi connectivity index (χ0n) is 7.58. The molecule has 0 aromatic carbocycles. The molecule has 0 aliphatic heterocycles. The Kier molecular flexibility index (Phi) is 4.46. The van der Waals surface area contributed by atoms with Crippen LogP contribution in [0.3, 0.4) is 0 Å². The van der Waals surface area contributed by atoms with Gasteiger partial charge in [0.1, 0.15) is 5.82 Å². The Hall–Kier alpha value is 0.150. The maximum absolute atomic E-state index is 11.0. The maximum Gasteiger partial charge on any atom is 0.278 e. The molecule has 0 aromatic heterocycles. The van der Waals surface area contributed by atoms with Crippen LogP contribution >= 0.6 is 28.3 Å². The molecule has 0 saturated heterocycles. The fraction of sp³-hybridized carbons (Fsp3) is 0.667. The second-order valence-electron chi connectivity index (χ2n) is 2.78. The van der Waals surface area contributed by atoms with Crippen molar-refractivity contribution in [1.82, 2.24) is 9.80 Å². The van der Waals surface area contributed by atoms with E-state index >= 15 is 0 Å². The molecule has 0 aromatic rings. The predicted octanol–water partition coefficient (Wildman–Crippen LogP) is 2.58. The quantitative estimate of drug-likeness (QED) is 0.697. The standard InChI is InChI=1S/C6H13Cl2N2OP/c1-9(2)6(10(3)4)5-12(7,8)11/h5H,1-4H3. The average Bonchev–Trinajstić information content (AvgIpc) is 1.79. The van der Waals surface area contributed by atoms with Crippen molar-refractivity contribution in [1.29, 1.82) is 0 Å². The molecule has 0 N–H and O–H groups in total. The lowest BCUT2D eigenvalue weighted by atomic mass is 10.6. The topological polar surface area (TPSA) is 23.6 Å². The van der Waals surface area contributed by atoms with Gasteiger partial charge in [-0.1, -0.05) is 0 Å². The number of halogens is 2. The summed E-state index contributed by atoms with van der Waals surface area (Å²) in [6, 6.07) is 0. The number of hydrogen-bond acceptors (Lipinski definition) is 3. The van der Waals surface area contributed by atoms with Crippen LogP contribution < -0.4 is 0 Å². The van der Waals surface area contributed by atoms with Gasteiger partial charge in [-0.25, -0.2) is 0 Å². The monoisotopic (exact) mass is 230 g/mol. The van der Waals surface area contributed by atoms with Gasteiger partial charge in [-0.05, 0) is 22.5 Å². The molecule has 0 aliphatic rings. The molecule has 0 saturated carbocycles. The number of rotatable bonds is 3. The van der Waals surface area contributed by atoms with E-state index in [1.54, 1.807) is 9.80 Å². The molecule has 0 rings (SSSR count). The third-order valence-electron chi connectivity index (χ3n) is 1.18. The Morgan fingerprint density at radius 2 is 1.50 bits per heavy atom. The molecule has 0 atom stereocenters. The van der Waals surface area contributed by atoms with E-state index < -0.39 is 5.85 Å². The summed E-state index contributed by atoms with van der Waals surface area (Å²) in [5.74, 6) is -1.05. The Bertz CT molecular complexity index is 212. The van der Waals surface area contributed by atoms with Crippen LogP contribution in [-0.2, 0) is 4.57 Å². The highest BCUT2D eigenvalue weighted by Crippen LogP contribution is 2.58. The van der Waals surface area contributed by atoms with E-state index in [1.165, 1.54) is 5.82 Å². The van der Waals surface area contributed by atoms with Crippen molar-refractivity contribution >= 4 is 28.3 Å². The van der Waals surface area contributed by atoms with Crippen LogP contribution in [0, 0.1) is 0 Å². The van der Waals surface area contributed by atoms with Crippen molar-refractivity contribution in [2.75, 3.05) is 28.2 Å². The minimum absolute atomic E-state index is 0.725. The molecule has 3 nitrogen and oxygen atoms in total. The van der Waals surface area contributed by atoms with Gasteiger partial charge >= 0.3 is 0 Å². The molecular formula is C6H13Cl2N2OP. The summed E-state index contributed by atoms with van der Waals surface area (Å²) in [6.07, 6.45) is 0. The molecule has 0 heterocycles. The van der Waals surface area contributed by atoms with Crippen molar-refractivity contribution < 1.29 is 4.57 Å². The van der Waals surface area contributed by atoms with Crippen LogP contribution in [-0.4, -0.2) is 38.0 Å². The molecule has 0 amide bonds. The highest BCUT2D eigenvalue weighted by Gasteiger charge is 2.13. The van der Waals surface area contributed by atoms with Crippen LogP contribution in [0.1, 0.15) is 0 Å². The minimum atomic E-state index is -3.13. The van der Waals surface area contributed by atoms with Crippen LogP contribution in [0.5, 0.6) is 0 Å². The van der Waals surface area contributed by atoms with Crippen LogP contribution in [0.4, 0.5) is 0 Å². The Morgan fingerprint density at radius 1 is 1.17 bits per heavy atom. The third-order valence-corrected chi connectivity index (χ3v) is 2.30. The van der Waals surface area contributed by atoms with Crippen molar-refractivity contribution in [3.8, 4) is 0 Å². The lowest BCUT2D eigenvalue weighted by molar-refractivity contribution is 0.344. The maximum atomic E-state index is 11.0. The van der Waals surface area contributed by atoms with E-state index in [2.05, 4.69) is 0 Å². The molecule has 72 valence electrons. The SMILES string of the molecule is CN(C)C(=CP(=O)(Cl)Cl)N(C)C. The van der Waals surface area contributed by atoms with E-state index in [4.69, 9.17) is 22.5 Å². The van der Waals surface area contributed by atoms with Crippen LogP contribution in [0.25, 0.3) is 0 Å². The fourth-order valence-corrected chi connectivity index (χ4v) is 2.02. The summed E-state index contributed by atoms with van der Waals surface area (Å²) in [6.45, 7) is 0. The summed E-state index contributed by atoms with van der Waals surface area (Å²) in [4.78, 5) is 3.58. The van der Waals surface area contributed by atoms with E-state index in [9.17, 15) is 4.57 Å².